The van der Waals surface area contributed by atoms with Gasteiger partial charge in [-0.2, -0.15) is 0 Å². The van der Waals surface area contributed by atoms with Crippen LogP contribution in [0.2, 0.25) is 0 Å². The lowest BCUT2D eigenvalue weighted by atomic mass is 10.2. The van der Waals surface area contributed by atoms with Gasteiger partial charge < -0.3 is 0 Å². The Balaban J connectivity index is 1.65. The molecule has 2 nitrogen and oxygen atoms in total. The van der Waals surface area contributed by atoms with Gasteiger partial charge in [-0.15, -0.1) is 0 Å². The van der Waals surface area contributed by atoms with Crippen LogP contribution in [0.15, 0.2) is 78.5 Å². The minimum Gasteiger partial charge on any atom is -0.298 e. The van der Waals surface area contributed by atoms with Gasteiger partial charge in [0.1, 0.15) is 0 Å². The molecular formula is C17H16N2. The highest BCUT2D eigenvalue weighted by Crippen LogP contribution is 2.16. The first kappa shape index (κ1) is 11.6. The molecule has 0 bridgehead atoms. The first-order valence-corrected chi connectivity index (χ1v) is 6.44. The molecule has 2 aromatic carbocycles. The molecule has 0 atom stereocenters. The van der Waals surface area contributed by atoms with E-state index in [4.69, 9.17) is 0 Å². The number of nitrogens with one attached hydrogen (secondary N) is 1. The van der Waals surface area contributed by atoms with Crippen LogP contribution in [0.3, 0.4) is 0 Å². The van der Waals surface area contributed by atoms with Crippen LogP contribution in [0.4, 0.5) is 5.69 Å². The second kappa shape index (κ2) is 5.44. The molecule has 0 saturated heterocycles. The molecule has 0 radical (unpaired) electrons. The zero-order valence-corrected chi connectivity index (χ0v) is 10.7. The van der Waals surface area contributed by atoms with Crippen molar-refractivity contribution in [1.29, 1.82) is 0 Å². The third kappa shape index (κ3) is 2.86. The van der Waals surface area contributed by atoms with Crippen LogP contribution in [-0.2, 0) is 0 Å². The third-order valence-corrected chi connectivity index (χ3v) is 3.08. The fourth-order valence-corrected chi connectivity index (χ4v) is 2.07. The average Bonchev–Trinajstić information content (AvgIpc) is 2.96. The van der Waals surface area contributed by atoms with Gasteiger partial charge in [-0.25, -0.2) is 0 Å². The second-order valence-electron chi connectivity index (χ2n) is 4.46. The summed E-state index contributed by atoms with van der Waals surface area (Å²) in [6.07, 6.45) is 6.41. The standard InChI is InChI=1S/C17H16N2/c1-3-7-15(8-4-1)11-12-16-13-14-19(18-16)17-9-5-2-6-10-17/h1-13,18H,14H2. The van der Waals surface area contributed by atoms with E-state index in [9.17, 15) is 0 Å². The van der Waals surface area contributed by atoms with Crippen molar-refractivity contribution in [2.24, 2.45) is 0 Å². The van der Waals surface area contributed by atoms with E-state index in [-0.39, 0.29) is 0 Å². The van der Waals surface area contributed by atoms with Gasteiger partial charge in [0.2, 0.25) is 0 Å². The van der Waals surface area contributed by atoms with Crippen LogP contribution in [0.1, 0.15) is 5.56 Å². The predicted molar refractivity (Wildman–Crippen MR) is 80.5 cm³/mol. The molecule has 94 valence electrons. The van der Waals surface area contributed by atoms with E-state index < -0.39 is 0 Å². The van der Waals surface area contributed by atoms with Crippen molar-refractivity contribution in [3.05, 3.63) is 84.1 Å². The number of nitrogens with zero attached hydrogens (tertiary/aromatic N) is 1. The predicted octanol–water partition coefficient (Wildman–Crippen LogP) is 3.61. The summed E-state index contributed by atoms with van der Waals surface area (Å²) in [5.41, 5.74) is 6.91. The lowest BCUT2D eigenvalue weighted by Crippen LogP contribution is -2.31. The molecule has 1 heterocycles. The van der Waals surface area contributed by atoms with Gasteiger partial charge in [0.15, 0.2) is 0 Å². The highest BCUT2D eigenvalue weighted by Gasteiger charge is 2.10. The van der Waals surface area contributed by atoms with Gasteiger partial charge in [0.25, 0.3) is 0 Å². The molecule has 0 aliphatic carbocycles. The fourth-order valence-electron chi connectivity index (χ4n) is 2.07. The van der Waals surface area contributed by atoms with Crippen LogP contribution in [0.25, 0.3) is 6.08 Å². The number of hydrogen-bond donors (Lipinski definition) is 1. The normalized spacial score (nSPS) is 14.5. The quantitative estimate of drug-likeness (QED) is 0.892. The molecule has 0 saturated carbocycles. The molecule has 1 aliphatic heterocycles. The average molecular weight is 248 g/mol. The Morgan fingerprint density at radius 3 is 2.26 bits per heavy atom. The highest BCUT2D eigenvalue weighted by atomic mass is 15.5. The van der Waals surface area contributed by atoms with Crippen LogP contribution in [0.5, 0.6) is 0 Å². The first-order valence-electron chi connectivity index (χ1n) is 6.44. The number of rotatable bonds is 3. The summed E-state index contributed by atoms with van der Waals surface area (Å²) in [6.45, 7) is 0.887. The summed E-state index contributed by atoms with van der Waals surface area (Å²) < 4.78 is 0. The van der Waals surface area contributed by atoms with E-state index in [2.05, 4.69) is 65.1 Å². The number of hydrazine groups is 1. The topological polar surface area (TPSA) is 15.3 Å². The Morgan fingerprint density at radius 2 is 1.53 bits per heavy atom. The van der Waals surface area contributed by atoms with E-state index in [1.54, 1.807) is 0 Å². The van der Waals surface area contributed by atoms with Crippen LogP contribution in [-0.4, -0.2) is 6.54 Å². The SMILES string of the molecule is C(=Cc1ccccc1)C1=CCN(c2ccccc2)N1. The van der Waals surface area contributed by atoms with Gasteiger partial charge in [0, 0.05) is 0 Å². The fraction of sp³-hybridized carbons (Fsp3) is 0.0588. The summed E-state index contributed by atoms with van der Waals surface area (Å²) in [4.78, 5) is 0. The number of allylic oxidation sites excluding steroid dienone is 1. The van der Waals surface area contributed by atoms with Gasteiger partial charge >= 0.3 is 0 Å². The van der Waals surface area contributed by atoms with Crippen LogP contribution < -0.4 is 10.4 Å². The second-order valence-corrected chi connectivity index (χ2v) is 4.46. The van der Waals surface area contributed by atoms with Crippen molar-refractivity contribution < 1.29 is 0 Å². The Labute approximate surface area is 113 Å². The summed E-state index contributed by atoms with van der Waals surface area (Å²) in [5, 5.41) is 2.13. The minimum absolute atomic E-state index is 0.887. The smallest absolute Gasteiger partial charge is 0.0598 e. The van der Waals surface area contributed by atoms with Crippen molar-refractivity contribution in [1.82, 2.24) is 5.43 Å². The Morgan fingerprint density at radius 1 is 0.842 bits per heavy atom. The van der Waals surface area contributed by atoms with Crippen molar-refractivity contribution >= 4 is 11.8 Å². The highest BCUT2D eigenvalue weighted by molar-refractivity contribution is 5.55. The summed E-state index contributed by atoms with van der Waals surface area (Å²) >= 11 is 0. The zero-order valence-electron chi connectivity index (χ0n) is 10.7. The molecule has 0 fully saturated rings. The number of para-hydroxylation sites is 1. The molecule has 0 aromatic heterocycles. The molecular weight excluding hydrogens is 232 g/mol. The number of benzene rings is 2. The zero-order chi connectivity index (χ0) is 12.9. The Bertz CT molecular complexity index is 585. The molecule has 0 amide bonds. The van der Waals surface area contributed by atoms with Crippen molar-refractivity contribution in [2.75, 3.05) is 11.6 Å². The molecule has 3 rings (SSSR count). The summed E-state index contributed by atoms with van der Waals surface area (Å²) in [5.74, 6) is 0. The molecule has 1 aliphatic rings. The van der Waals surface area contributed by atoms with Crippen molar-refractivity contribution in [2.45, 2.75) is 0 Å². The maximum absolute atomic E-state index is 3.39. The molecule has 0 spiro atoms. The lowest BCUT2D eigenvalue weighted by molar-refractivity contribution is 0.819. The van der Waals surface area contributed by atoms with E-state index in [0.717, 1.165) is 12.2 Å². The minimum atomic E-state index is 0.887. The van der Waals surface area contributed by atoms with Gasteiger partial charge in [-0.05, 0) is 29.8 Å². The lowest BCUT2D eigenvalue weighted by Gasteiger charge is -2.19. The molecule has 1 N–H and O–H groups in total. The maximum Gasteiger partial charge on any atom is 0.0598 e. The molecule has 2 aromatic rings. The van der Waals surface area contributed by atoms with Gasteiger partial charge in [0.05, 0.1) is 17.9 Å². The summed E-state index contributed by atoms with van der Waals surface area (Å²) in [6, 6.07) is 20.7. The van der Waals surface area contributed by atoms with E-state index in [1.807, 2.05) is 24.3 Å². The van der Waals surface area contributed by atoms with Gasteiger partial charge in [-0.1, -0.05) is 54.6 Å². The third-order valence-electron chi connectivity index (χ3n) is 3.08. The molecule has 0 unspecified atom stereocenters. The molecule has 19 heavy (non-hydrogen) atoms. The first-order chi connectivity index (χ1) is 9.42. The van der Waals surface area contributed by atoms with Crippen molar-refractivity contribution in [3.63, 3.8) is 0 Å². The van der Waals surface area contributed by atoms with Crippen molar-refractivity contribution in [3.8, 4) is 0 Å². The van der Waals surface area contributed by atoms with E-state index in [1.165, 1.54) is 11.3 Å². The Hall–Kier alpha value is -2.48. The number of anilines is 1. The monoisotopic (exact) mass is 248 g/mol. The van der Waals surface area contributed by atoms with E-state index >= 15 is 0 Å². The molecule has 2 heteroatoms. The Kier molecular flexibility index (Phi) is 3.32. The van der Waals surface area contributed by atoms with Crippen LogP contribution >= 0.6 is 0 Å². The van der Waals surface area contributed by atoms with Crippen LogP contribution in [0, 0.1) is 0 Å². The number of hydrogen-bond acceptors (Lipinski definition) is 2. The van der Waals surface area contributed by atoms with Gasteiger partial charge in [-0.3, -0.25) is 10.4 Å². The van der Waals surface area contributed by atoms with E-state index in [0.29, 0.717) is 0 Å². The maximum atomic E-state index is 3.39. The largest absolute Gasteiger partial charge is 0.298 e. The summed E-state index contributed by atoms with van der Waals surface area (Å²) in [7, 11) is 0.